The summed E-state index contributed by atoms with van der Waals surface area (Å²) in [6, 6.07) is 10.8. The van der Waals surface area contributed by atoms with Gasteiger partial charge in [-0.15, -0.1) is 0 Å². The van der Waals surface area contributed by atoms with E-state index in [0.717, 1.165) is 28.6 Å². The maximum atomic E-state index is 12.7. The van der Waals surface area contributed by atoms with Gasteiger partial charge in [-0.3, -0.25) is 4.79 Å². The van der Waals surface area contributed by atoms with Gasteiger partial charge in [-0.1, -0.05) is 15.9 Å². The maximum Gasteiger partial charge on any atom is 0.224 e. The van der Waals surface area contributed by atoms with E-state index in [1.54, 1.807) is 25.3 Å². The number of carbonyl (C=O) groups is 1. The fraction of sp³-hybridized carbons (Fsp3) is 0.409. The van der Waals surface area contributed by atoms with E-state index in [1.807, 2.05) is 37.2 Å². The molecule has 0 radical (unpaired) electrons. The molecule has 1 amide bonds. The third kappa shape index (κ3) is 5.83. The molecule has 6 nitrogen and oxygen atoms in total. The first-order chi connectivity index (χ1) is 14.2. The van der Waals surface area contributed by atoms with Crippen molar-refractivity contribution >= 4 is 37.4 Å². The summed E-state index contributed by atoms with van der Waals surface area (Å²) in [5.41, 5.74) is 2.32. The van der Waals surface area contributed by atoms with Gasteiger partial charge in [0.15, 0.2) is 9.84 Å². The fourth-order valence-electron chi connectivity index (χ4n) is 3.32. The highest BCUT2D eigenvalue weighted by Gasteiger charge is 2.38. The van der Waals surface area contributed by atoms with Gasteiger partial charge in [-0.25, -0.2) is 8.42 Å². The molecule has 1 aliphatic carbocycles. The minimum absolute atomic E-state index is 0.123. The van der Waals surface area contributed by atoms with Crippen LogP contribution in [0.15, 0.2) is 45.8 Å². The van der Waals surface area contributed by atoms with E-state index < -0.39 is 9.84 Å². The highest BCUT2D eigenvalue weighted by Crippen LogP contribution is 2.36. The van der Waals surface area contributed by atoms with Crippen LogP contribution in [0.5, 0.6) is 5.75 Å². The number of amides is 1. The second-order valence-electron chi connectivity index (χ2n) is 7.85. The Morgan fingerprint density at radius 1 is 1.20 bits per heavy atom. The molecule has 30 heavy (non-hydrogen) atoms. The molecule has 1 N–H and O–H groups in total. The summed E-state index contributed by atoms with van der Waals surface area (Å²) in [7, 11) is 2.10. The lowest BCUT2D eigenvalue weighted by molar-refractivity contribution is -0.116. The van der Waals surface area contributed by atoms with E-state index in [0.29, 0.717) is 35.5 Å². The number of hydrogen-bond acceptors (Lipinski definition) is 5. The Balaban J connectivity index is 1.71. The highest BCUT2D eigenvalue weighted by molar-refractivity contribution is 9.10. The van der Waals surface area contributed by atoms with Crippen LogP contribution < -0.4 is 10.1 Å². The lowest BCUT2D eigenvalue weighted by Crippen LogP contribution is -2.18. The Morgan fingerprint density at radius 3 is 2.57 bits per heavy atom. The Bertz CT molecular complexity index is 1030. The molecule has 0 unspecified atom stereocenters. The molecule has 0 aromatic heterocycles. The van der Waals surface area contributed by atoms with E-state index in [4.69, 9.17) is 4.74 Å². The van der Waals surface area contributed by atoms with Crippen molar-refractivity contribution in [3.63, 3.8) is 0 Å². The van der Waals surface area contributed by atoms with Gasteiger partial charge in [0.2, 0.25) is 5.91 Å². The number of methoxy groups -OCH3 is 1. The molecule has 1 fully saturated rings. The van der Waals surface area contributed by atoms with E-state index in [1.165, 1.54) is 0 Å². The van der Waals surface area contributed by atoms with E-state index >= 15 is 0 Å². The van der Waals surface area contributed by atoms with Crippen molar-refractivity contribution in [3.8, 4) is 5.75 Å². The summed E-state index contributed by atoms with van der Waals surface area (Å²) in [6.45, 7) is 0.489. The lowest BCUT2D eigenvalue weighted by Gasteiger charge is -2.16. The van der Waals surface area contributed by atoms with Gasteiger partial charge in [0.1, 0.15) is 5.75 Å². The van der Waals surface area contributed by atoms with Crippen LogP contribution in [0.25, 0.3) is 0 Å². The first kappa shape index (κ1) is 22.8. The first-order valence-corrected chi connectivity index (χ1v) is 12.2. The number of anilines is 1. The molecule has 3 rings (SSSR count). The summed E-state index contributed by atoms with van der Waals surface area (Å²) in [5.74, 6) is 0.614. The molecule has 0 bridgehead atoms. The molecule has 0 spiro atoms. The largest absolute Gasteiger partial charge is 0.497 e. The maximum absolute atomic E-state index is 12.7. The predicted octanol–water partition coefficient (Wildman–Crippen LogP) is 4.03. The number of aryl methyl sites for hydroxylation is 1. The van der Waals surface area contributed by atoms with Crippen LogP contribution in [0, 0.1) is 0 Å². The zero-order valence-corrected chi connectivity index (χ0v) is 19.8. The van der Waals surface area contributed by atoms with Gasteiger partial charge < -0.3 is 15.0 Å². The minimum Gasteiger partial charge on any atom is -0.497 e. The third-order valence-electron chi connectivity index (χ3n) is 4.91. The Morgan fingerprint density at radius 2 is 1.93 bits per heavy atom. The van der Waals surface area contributed by atoms with Gasteiger partial charge in [0.05, 0.1) is 17.3 Å². The summed E-state index contributed by atoms with van der Waals surface area (Å²) in [6.07, 6.45) is 2.33. The molecule has 0 aliphatic heterocycles. The molecule has 0 saturated heterocycles. The predicted molar refractivity (Wildman–Crippen MR) is 122 cm³/mol. The number of hydrogen-bond donors (Lipinski definition) is 1. The van der Waals surface area contributed by atoms with E-state index in [2.05, 4.69) is 21.2 Å². The Kier molecular flexibility index (Phi) is 7.21. The summed E-state index contributed by atoms with van der Waals surface area (Å²) >= 11 is 3.45. The van der Waals surface area contributed by atoms with Gasteiger partial charge in [0, 0.05) is 23.1 Å². The molecule has 0 atom stereocenters. The minimum atomic E-state index is -3.30. The monoisotopic (exact) mass is 494 g/mol. The lowest BCUT2D eigenvalue weighted by atomic mass is 10.1. The van der Waals surface area contributed by atoms with Crippen LogP contribution in [0.3, 0.4) is 0 Å². The number of sulfone groups is 1. The van der Waals surface area contributed by atoms with Gasteiger partial charge in [-0.2, -0.15) is 0 Å². The van der Waals surface area contributed by atoms with Crippen molar-refractivity contribution in [1.29, 1.82) is 0 Å². The van der Waals surface area contributed by atoms with Gasteiger partial charge >= 0.3 is 0 Å². The number of nitrogens with one attached hydrogen (secondary N) is 1. The summed E-state index contributed by atoms with van der Waals surface area (Å²) < 4.78 is 31.7. The molecule has 8 heteroatoms. The SMILES string of the molecule is COc1cc(Br)cc(CCC(=O)Nc2ccc(S(=O)(=O)C3CC3)c(CN(C)C)c2)c1. The van der Waals surface area contributed by atoms with Crippen molar-refractivity contribution in [2.45, 2.75) is 42.4 Å². The summed E-state index contributed by atoms with van der Waals surface area (Å²) in [4.78, 5) is 14.8. The van der Waals surface area contributed by atoms with Crippen molar-refractivity contribution in [2.75, 3.05) is 26.5 Å². The molecule has 1 aliphatic rings. The first-order valence-electron chi connectivity index (χ1n) is 9.84. The van der Waals surface area contributed by atoms with Crippen LogP contribution in [0.1, 0.15) is 30.4 Å². The van der Waals surface area contributed by atoms with E-state index in [-0.39, 0.29) is 11.2 Å². The second-order valence-corrected chi connectivity index (χ2v) is 11.0. The fourth-order valence-corrected chi connectivity index (χ4v) is 5.70. The number of rotatable bonds is 9. The zero-order valence-electron chi connectivity index (χ0n) is 17.4. The average Bonchev–Trinajstić information content (AvgIpc) is 3.51. The third-order valence-corrected chi connectivity index (χ3v) is 7.73. The number of nitrogens with zero attached hydrogens (tertiary/aromatic N) is 1. The average molecular weight is 495 g/mol. The second kappa shape index (κ2) is 9.49. The number of ether oxygens (including phenoxy) is 1. The number of benzene rings is 2. The van der Waals surface area contributed by atoms with Gasteiger partial charge in [0.25, 0.3) is 0 Å². The van der Waals surface area contributed by atoms with Crippen LogP contribution in [0.4, 0.5) is 5.69 Å². The molecule has 2 aromatic rings. The molecular formula is C22H27BrN2O4S. The normalized spacial score (nSPS) is 14.0. The zero-order chi connectivity index (χ0) is 21.9. The molecule has 0 heterocycles. The number of halogens is 1. The smallest absolute Gasteiger partial charge is 0.224 e. The van der Waals surface area contributed by atoms with Gasteiger partial charge in [-0.05, 0) is 80.9 Å². The van der Waals surface area contributed by atoms with Crippen molar-refractivity contribution < 1.29 is 17.9 Å². The summed E-state index contributed by atoms with van der Waals surface area (Å²) in [5, 5.41) is 2.63. The van der Waals surface area contributed by atoms with E-state index in [9.17, 15) is 13.2 Å². The van der Waals surface area contributed by atoms with Crippen LogP contribution in [-0.4, -0.2) is 45.7 Å². The highest BCUT2D eigenvalue weighted by atomic mass is 79.9. The van der Waals surface area contributed by atoms with Crippen LogP contribution in [-0.2, 0) is 27.6 Å². The topological polar surface area (TPSA) is 75.7 Å². The van der Waals surface area contributed by atoms with Crippen LogP contribution >= 0.6 is 15.9 Å². The number of carbonyl (C=O) groups excluding carboxylic acids is 1. The molecule has 1 saturated carbocycles. The van der Waals surface area contributed by atoms with Crippen LogP contribution in [0.2, 0.25) is 0 Å². The standard InChI is InChI=1S/C22H27BrN2O4S/c1-25(2)14-16-12-18(5-8-21(16)30(27,28)20-6-7-20)24-22(26)9-4-15-10-17(23)13-19(11-15)29-3/h5,8,10-13,20H,4,6-7,9,14H2,1-3H3,(H,24,26). The molecule has 162 valence electrons. The van der Waals surface area contributed by atoms with Crippen molar-refractivity contribution in [3.05, 3.63) is 52.0 Å². The Hall–Kier alpha value is -1.90. The Labute approximate surface area is 186 Å². The quantitative estimate of drug-likeness (QED) is 0.569. The molecular weight excluding hydrogens is 468 g/mol. The van der Waals surface area contributed by atoms with Crippen molar-refractivity contribution in [1.82, 2.24) is 4.90 Å². The molecule has 2 aromatic carbocycles. The van der Waals surface area contributed by atoms with Crippen molar-refractivity contribution in [2.24, 2.45) is 0 Å².